The van der Waals surface area contributed by atoms with Crippen LogP contribution in [0.25, 0.3) is 5.76 Å². The van der Waals surface area contributed by atoms with Crippen LogP contribution in [0.15, 0.2) is 48.6 Å². The number of carbonyl (C=O) groups is 3. The van der Waals surface area contributed by atoms with Crippen LogP contribution in [0.5, 0.6) is 0 Å². The number of aromatic amines is 1. The monoisotopic (exact) mass is 532 g/mol. The van der Waals surface area contributed by atoms with Crippen LogP contribution >= 0.6 is 0 Å². The molecule has 9 heteroatoms. The Morgan fingerprint density at radius 2 is 1.82 bits per heavy atom. The molecular weight excluding hydrogens is 496 g/mol. The zero-order valence-electron chi connectivity index (χ0n) is 23.4. The van der Waals surface area contributed by atoms with Crippen LogP contribution in [-0.4, -0.2) is 55.4 Å². The van der Waals surface area contributed by atoms with Crippen molar-refractivity contribution in [3.05, 3.63) is 82.2 Å². The van der Waals surface area contributed by atoms with Gasteiger partial charge < -0.3 is 24.3 Å². The number of aliphatic hydroxyl groups excluding tert-OH is 1. The van der Waals surface area contributed by atoms with Gasteiger partial charge in [-0.25, -0.2) is 9.78 Å². The van der Waals surface area contributed by atoms with E-state index >= 15 is 0 Å². The van der Waals surface area contributed by atoms with Crippen molar-refractivity contribution < 1.29 is 24.2 Å². The van der Waals surface area contributed by atoms with Gasteiger partial charge in [0.05, 0.1) is 24.5 Å². The van der Waals surface area contributed by atoms with Gasteiger partial charge in [-0.3, -0.25) is 9.59 Å². The molecule has 206 valence electrons. The molecule has 39 heavy (non-hydrogen) atoms. The SMILES string of the molecule is CCOC(=O)c1[nH]c(C)c(/C(O)=C2\C(=O)C(=O)N(CCCn3ccnc3)C2c2ccc(C(C)(C)C)cc2)c1C. The number of nitrogens with one attached hydrogen (secondary N) is 1. The van der Waals surface area contributed by atoms with Gasteiger partial charge in [-0.05, 0) is 49.3 Å². The molecule has 0 spiro atoms. The molecule has 1 amide bonds. The minimum absolute atomic E-state index is 0.00625. The molecule has 1 saturated heterocycles. The minimum atomic E-state index is -0.776. The summed E-state index contributed by atoms with van der Waals surface area (Å²) in [5.41, 5.74) is 3.25. The van der Waals surface area contributed by atoms with Gasteiger partial charge in [0.1, 0.15) is 11.5 Å². The number of imidazole rings is 1. The van der Waals surface area contributed by atoms with Gasteiger partial charge in [-0.15, -0.1) is 0 Å². The first-order valence-electron chi connectivity index (χ1n) is 13.2. The molecule has 1 aromatic carbocycles. The second-order valence-electron chi connectivity index (χ2n) is 10.9. The number of benzene rings is 1. The number of esters is 1. The second-order valence-corrected chi connectivity index (χ2v) is 10.9. The maximum atomic E-state index is 13.5. The summed E-state index contributed by atoms with van der Waals surface area (Å²) >= 11 is 0. The van der Waals surface area contributed by atoms with E-state index in [0.29, 0.717) is 36.3 Å². The molecule has 2 aromatic heterocycles. The third-order valence-corrected chi connectivity index (χ3v) is 7.16. The molecule has 1 aliphatic heterocycles. The third-order valence-electron chi connectivity index (χ3n) is 7.16. The van der Waals surface area contributed by atoms with Crippen molar-refractivity contribution in [1.82, 2.24) is 19.4 Å². The van der Waals surface area contributed by atoms with E-state index < -0.39 is 23.7 Å². The van der Waals surface area contributed by atoms with Gasteiger partial charge in [-0.1, -0.05) is 45.0 Å². The fourth-order valence-electron chi connectivity index (χ4n) is 5.11. The number of amides is 1. The lowest BCUT2D eigenvalue weighted by Gasteiger charge is -2.26. The summed E-state index contributed by atoms with van der Waals surface area (Å²) in [7, 11) is 0. The van der Waals surface area contributed by atoms with Crippen LogP contribution in [0, 0.1) is 13.8 Å². The van der Waals surface area contributed by atoms with Crippen LogP contribution in [0.3, 0.4) is 0 Å². The van der Waals surface area contributed by atoms with Gasteiger partial charge >= 0.3 is 5.97 Å². The van der Waals surface area contributed by atoms with E-state index in [0.717, 1.165) is 11.1 Å². The normalized spacial score (nSPS) is 17.2. The molecular formula is C30H36N4O5. The molecule has 0 bridgehead atoms. The highest BCUT2D eigenvalue weighted by Crippen LogP contribution is 2.41. The fourth-order valence-corrected chi connectivity index (χ4v) is 5.11. The first kappa shape index (κ1) is 27.9. The van der Waals surface area contributed by atoms with Crippen LogP contribution in [0.4, 0.5) is 0 Å². The number of ketones is 1. The highest BCUT2D eigenvalue weighted by molar-refractivity contribution is 6.46. The summed E-state index contributed by atoms with van der Waals surface area (Å²) in [6.07, 6.45) is 5.83. The first-order chi connectivity index (χ1) is 18.5. The third kappa shape index (κ3) is 5.39. The molecule has 1 aliphatic rings. The quantitative estimate of drug-likeness (QED) is 0.186. The van der Waals surface area contributed by atoms with Crippen LogP contribution in [-0.2, 0) is 26.3 Å². The number of H-pyrrole nitrogens is 1. The van der Waals surface area contributed by atoms with Gasteiger partial charge in [-0.2, -0.15) is 0 Å². The number of hydrogen-bond acceptors (Lipinski definition) is 6. The standard InChI is InChI=1S/C30H36N4O5/c1-7-39-29(38)24-18(2)22(19(3)32-24)26(35)23-25(20-9-11-21(12-10-20)30(4,5)6)34(28(37)27(23)36)15-8-14-33-16-13-31-17-33/h9-13,16-17,25,32,35H,7-8,14-15H2,1-6H3/b26-23+. The molecule has 1 atom stereocenters. The zero-order chi connectivity index (χ0) is 28.5. The summed E-state index contributed by atoms with van der Waals surface area (Å²) in [5.74, 6) is -2.27. The van der Waals surface area contributed by atoms with E-state index in [-0.39, 0.29) is 29.0 Å². The van der Waals surface area contributed by atoms with Crippen LogP contribution < -0.4 is 0 Å². The molecule has 3 aromatic rings. The Kier molecular flexibility index (Phi) is 7.81. The van der Waals surface area contributed by atoms with Gasteiger partial charge in [0.15, 0.2) is 0 Å². The summed E-state index contributed by atoms with van der Waals surface area (Å²) in [4.78, 5) is 47.9. The molecule has 2 N–H and O–H groups in total. The molecule has 0 aliphatic carbocycles. The summed E-state index contributed by atoms with van der Waals surface area (Å²) in [6.45, 7) is 12.6. The lowest BCUT2D eigenvalue weighted by atomic mass is 9.85. The Hall–Kier alpha value is -4.14. The molecule has 1 fully saturated rings. The molecule has 0 saturated carbocycles. The molecule has 3 heterocycles. The highest BCUT2D eigenvalue weighted by Gasteiger charge is 2.46. The van der Waals surface area contributed by atoms with Gasteiger partial charge in [0.2, 0.25) is 0 Å². The van der Waals surface area contributed by atoms with E-state index in [2.05, 4.69) is 30.7 Å². The number of ether oxygens (including phenoxy) is 1. The van der Waals surface area contributed by atoms with Crippen molar-refractivity contribution in [3.8, 4) is 0 Å². The summed E-state index contributed by atoms with van der Waals surface area (Å²) in [5, 5.41) is 11.6. The van der Waals surface area contributed by atoms with Crippen molar-refractivity contribution >= 4 is 23.4 Å². The average Bonchev–Trinajstić information content (AvgIpc) is 3.57. The maximum Gasteiger partial charge on any atom is 0.355 e. The van der Waals surface area contributed by atoms with E-state index in [4.69, 9.17) is 4.74 Å². The van der Waals surface area contributed by atoms with Crippen molar-refractivity contribution in [2.75, 3.05) is 13.2 Å². The number of carbonyl (C=O) groups excluding carboxylic acids is 3. The van der Waals surface area contributed by atoms with Crippen molar-refractivity contribution in [2.24, 2.45) is 0 Å². The van der Waals surface area contributed by atoms with Gasteiger partial charge in [0.25, 0.3) is 11.7 Å². The number of aromatic nitrogens is 3. The number of aliphatic hydroxyl groups is 1. The Morgan fingerprint density at radius 1 is 1.13 bits per heavy atom. The average molecular weight is 533 g/mol. The second kappa shape index (κ2) is 10.9. The number of nitrogens with zero attached hydrogens (tertiary/aromatic N) is 3. The Morgan fingerprint density at radius 3 is 2.41 bits per heavy atom. The van der Waals surface area contributed by atoms with E-state index in [9.17, 15) is 19.5 Å². The summed E-state index contributed by atoms with van der Waals surface area (Å²) < 4.78 is 7.05. The Bertz CT molecular complexity index is 1410. The van der Waals surface area contributed by atoms with Crippen molar-refractivity contribution in [3.63, 3.8) is 0 Å². The molecule has 0 radical (unpaired) electrons. The number of hydrogen-bond donors (Lipinski definition) is 2. The topological polar surface area (TPSA) is 118 Å². The summed E-state index contributed by atoms with van der Waals surface area (Å²) in [6, 6.07) is 7.03. The van der Waals surface area contributed by atoms with E-state index in [1.807, 2.05) is 35.0 Å². The van der Waals surface area contributed by atoms with Crippen molar-refractivity contribution in [1.29, 1.82) is 0 Å². The van der Waals surface area contributed by atoms with Crippen LogP contribution in [0.1, 0.15) is 78.6 Å². The minimum Gasteiger partial charge on any atom is -0.507 e. The van der Waals surface area contributed by atoms with Crippen molar-refractivity contribution in [2.45, 2.75) is 66.0 Å². The predicted molar refractivity (Wildman–Crippen MR) is 147 cm³/mol. The lowest BCUT2D eigenvalue weighted by molar-refractivity contribution is -0.139. The lowest BCUT2D eigenvalue weighted by Crippen LogP contribution is -2.31. The highest BCUT2D eigenvalue weighted by atomic mass is 16.5. The Labute approximate surface area is 228 Å². The molecule has 1 unspecified atom stereocenters. The number of rotatable bonds is 8. The van der Waals surface area contributed by atoms with E-state index in [1.54, 1.807) is 33.3 Å². The zero-order valence-corrected chi connectivity index (χ0v) is 23.4. The number of likely N-dealkylation sites (tertiary alicyclic amines) is 1. The number of Topliss-reactive ketones (excluding diaryl/α,β-unsaturated/α-hetero) is 1. The Balaban J connectivity index is 1.80. The number of aryl methyl sites for hydroxylation is 2. The smallest absolute Gasteiger partial charge is 0.355 e. The van der Waals surface area contributed by atoms with Crippen LogP contribution in [0.2, 0.25) is 0 Å². The molecule has 4 rings (SSSR count). The maximum absolute atomic E-state index is 13.5. The van der Waals surface area contributed by atoms with Gasteiger partial charge in [0, 0.05) is 36.7 Å². The largest absolute Gasteiger partial charge is 0.507 e. The molecule has 9 nitrogen and oxygen atoms in total. The first-order valence-corrected chi connectivity index (χ1v) is 13.2. The predicted octanol–water partition coefficient (Wildman–Crippen LogP) is 4.81. The fraction of sp³-hybridized carbons (Fsp3) is 0.400. The van der Waals surface area contributed by atoms with E-state index in [1.165, 1.54) is 4.90 Å².